The number of esters is 2. The Morgan fingerprint density at radius 3 is 1.70 bits per heavy atom. The van der Waals surface area contributed by atoms with Gasteiger partial charge in [-0.3, -0.25) is 9.59 Å². The zero-order valence-electron chi connectivity index (χ0n) is 14.8. The largest absolute Gasteiger partial charge is 0.466 e. The summed E-state index contributed by atoms with van der Waals surface area (Å²) in [6.07, 6.45) is 0. The van der Waals surface area contributed by atoms with E-state index < -0.39 is 8.07 Å². The van der Waals surface area contributed by atoms with Gasteiger partial charge in [0.25, 0.3) is 0 Å². The molecule has 0 saturated carbocycles. The monoisotopic (exact) mass is 336 g/mol. The van der Waals surface area contributed by atoms with Crippen molar-refractivity contribution < 1.29 is 19.1 Å². The van der Waals surface area contributed by atoms with E-state index in [9.17, 15) is 9.59 Å². The summed E-state index contributed by atoms with van der Waals surface area (Å²) in [5, 5.41) is 0.905. The molecule has 4 nitrogen and oxygen atoms in total. The first kappa shape index (κ1) is 19.4. The molecule has 0 radical (unpaired) electrons. The van der Waals surface area contributed by atoms with Gasteiger partial charge in [0.1, 0.15) is 8.07 Å². The molecule has 1 rings (SSSR count). The van der Waals surface area contributed by atoms with Crippen LogP contribution in [0.25, 0.3) is 0 Å². The lowest BCUT2D eigenvalue weighted by Crippen LogP contribution is -2.57. The third kappa shape index (κ3) is 4.93. The zero-order chi connectivity index (χ0) is 17.5. The molecule has 0 spiro atoms. The van der Waals surface area contributed by atoms with Gasteiger partial charge in [-0.25, -0.2) is 0 Å². The van der Waals surface area contributed by atoms with E-state index in [-0.39, 0.29) is 29.1 Å². The topological polar surface area (TPSA) is 52.6 Å². The minimum Gasteiger partial charge on any atom is -0.466 e. The Labute approximate surface area is 140 Å². The molecule has 1 aromatic carbocycles. The van der Waals surface area contributed by atoms with Crippen molar-refractivity contribution >= 4 is 25.2 Å². The molecule has 0 heterocycles. The lowest BCUT2D eigenvalue weighted by atomic mass is 10.2. The SMILES string of the molecule is CCOC(=O)C[Si](CC(=O)OCC)(c1ccccc1)C(C)(C)C. The van der Waals surface area contributed by atoms with E-state index in [1.54, 1.807) is 13.8 Å². The summed E-state index contributed by atoms with van der Waals surface area (Å²) >= 11 is 0. The highest BCUT2D eigenvalue weighted by molar-refractivity contribution is 6.97. The Balaban J connectivity index is 3.34. The molecule has 128 valence electrons. The van der Waals surface area contributed by atoms with Crippen molar-refractivity contribution in [2.45, 2.75) is 51.7 Å². The number of ether oxygens (including phenoxy) is 2. The summed E-state index contributed by atoms with van der Waals surface area (Å²) in [5.41, 5.74) is 0. The summed E-state index contributed by atoms with van der Waals surface area (Å²) in [7, 11) is -2.52. The Kier molecular flexibility index (Phi) is 7.00. The van der Waals surface area contributed by atoms with Crippen LogP contribution < -0.4 is 5.19 Å². The van der Waals surface area contributed by atoms with Gasteiger partial charge in [0, 0.05) is 12.1 Å². The van der Waals surface area contributed by atoms with Crippen LogP contribution in [0.2, 0.25) is 17.1 Å². The maximum atomic E-state index is 12.3. The molecule has 0 fully saturated rings. The Hall–Kier alpha value is -1.62. The lowest BCUT2D eigenvalue weighted by molar-refractivity contribution is -0.140. The fourth-order valence-electron chi connectivity index (χ4n) is 2.90. The van der Waals surface area contributed by atoms with E-state index in [1.807, 2.05) is 30.3 Å². The highest BCUT2D eigenvalue weighted by atomic mass is 28.3. The van der Waals surface area contributed by atoms with Crippen molar-refractivity contribution in [1.29, 1.82) is 0 Å². The number of carbonyl (C=O) groups is 2. The Bertz CT molecular complexity index is 500. The van der Waals surface area contributed by atoms with Crippen LogP contribution >= 0.6 is 0 Å². The minimum absolute atomic E-state index is 0.187. The van der Waals surface area contributed by atoms with Crippen LogP contribution in [0.3, 0.4) is 0 Å². The predicted molar refractivity (Wildman–Crippen MR) is 94.4 cm³/mol. The third-order valence-electron chi connectivity index (χ3n) is 4.26. The molecular weight excluding hydrogens is 308 g/mol. The van der Waals surface area contributed by atoms with Crippen LogP contribution in [0.15, 0.2) is 30.3 Å². The van der Waals surface area contributed by atoms with Crippen molar-refractivity contribution in [2.75, 3.05) is 13.2 Å². The average molecular weight is 337 g/mol. The summed E-state index contributed by atoms with van der Waals surface area (Å²) < 4.78 is 10.4. The van der Waals surface area contributed by atoms with Crippen molar-refractivity contribution in [1.82, 2.24) is 0 Å². The molecule has 0 bridgehead atoms. The lowest BCUT2D eigenvalue weighted by Gasteiger charge is -2.42. The molecular formula is C18H28O4Si. The molecule has 23 heavy (non-hydrogen) atoms. The van der Waals surface area contributed by atoms with Gasteiger partial charge in [-0.1, -0.05) is 56.3 Å². The molecule has 0 amide bonds. The summed E-state index contributed by atoms with van der Waals surface area (Å²) in [5.74, 6) is -0.468. The molecule has 0 N–H and O–H groups in total. The molecule has 0 aliphatic carbocycles. The molecule has 0 aliphatic rings. The first-order valence-corrected chi connectivity index (χ1v) is 10.5. The number of rotatable bonds is 7. The second-order valence-electron chi connectivity index (χ2n) is 6.66. The number of benzene rings is 1. The summed E-state index contributed by atoms with van der Waals surface area (Å²) in [6.45, 7) is 10.6. The van der Waals surface area contributed by atoms with Crippen LogP contribution in [-0.4, -0.2) is 33.2 Å². The van der Waals surface area contributed by atoms with Gasteiger partial charge in [0.2, 0.25) is 0 Å². The van der Waals surface area contributed by atoms with Crippen molar-refractivity contribution in [3.05, 3.63) is 30.3 Å². The van der Waals surface area contributed by atoms with E-state index in [1.165, 1.54) is 0 Å². The van der Waals surface area contributed by atoms with E-state index in [2.05, 4.69) is 20.8 Å². The number of hydrogen-bond acceptors (Lipinski definition) is 4. The van der Waals surface area contributed by atoms with Gasteiger partial charge in [-0.2, -0.15) is 0 Å². The first-order valence-electron chi connectivity index (χ1n) is 8.13. The molecule has 0 atom stereocenters. The summed E-state index contributed by atoms with van der Waals surface area (Å²) in [6, 6.07) is 10.5. The fourth-order valence-corrected chi connectivity index (χ4v) is 7.38. The minimum atomic E-state index is -2.52. The predicted octanol–water partition coefficient (Wildman–Crippen LogP) is 3.27. The van der Waals surface area contributed by atoms with Crippen molar-refractivity contribution in [3.8, 4) is 0 Å². The van der Waals surface area contributed by atoms with Gasteiger partial charge >= 0.3 is 11.9 Å². The van der Waals surface area contributed by atoms with Crippen LogP contribution in [-0.2, 0) is 19.1 Å². The van der Waals surface area contributed by atoms with Crippen LogP contribution in [0.5, 0.6) is 0 Å². The van der Waals surface area contributed by atoms with E-state index in [0.717, 1.165) is 5.19 Å². The van der Waals surface area contributed by atoms with E-state index >= 15 is 0 Å². The molecule has 0 saturated heterocycles. The van der Waals surface area contributed by atoms with Gasteiger partial charge in [0.05, 0.1) is 13.2 Å². The summed E-state index contributed by atoms with van der Waals surface area (Å²) in [4.78, 5) is 24.6. The maximum absolute atomic E-state index is 12.3. The Morgan fingerprint density at radius 1 is 0.913 bits per heavy atom. The quantitative estimate of drug-likeness (QED) is 0.566. The van der Waals surface area contributed by atoms with Gasteiger partial charge < -0.3 is 9.47 Å². The van der Waals surface area contributed by atoms with Gasteiger partial charge in [0.15, 0.2) is 0 Å². The maximum Gasteiger partial charge on any atom is 0.303 e. The van der Waals surface area contributed by atoms with Crippen LogP contribution in [0, 0.1) is 0 Å². The zero-order valence-corrected chi connectivity index (χ0v) is 15.8. The second-order valence-corrected chi connectivity index (χ2v) is 11.6. The fraction of sp³-hybridized carbons (Fsp3) is 0.556. The molecule has 1 aromatic rings. The van der Waals surface area contributed by atoms with E-state index in [4.69, 9.17) is 9.47 Å². The van der Waals surface area contributed by atoms with Gasteiger partial charge in [-0.05, 0) is 18.9 Å². The average Bonchev–Trinajstić information content (AvgIpc) is 2.46. The van der Waals surface area contributed by atoms with Gasteiger partial charge in [-0.15, -0.1) is 0 Å². The van der Waals surface area contributed by atoms with Crippen LogP contribution in [0.1, 0.15) is 34.6 Å². The smallest absolute Gasteiger partial charge is 0.303 e. The molecule has 0 aromatic heterocycles. The highest BCUT2D eigenvalue weighted by Crippen LogP contribution is 2.42. The second kappa shape index (κ2) is 8.29. The molecule has 5 heteroatoms. The molecule has 0 unspecified atom stereocenters. The standard InChI is InChI=1S/C18H28O4Si/c1-6-21-16(19)13-23(18(3,4)5,14-17(20)22-7-2)15-11-9-8-10-12-15/h8-12H,6-7,13-14H2,1-5H3. The van der Waals surface area contributed by atoms with Crippen molar-refractivity contribution in [2.24, 2.45) is 0 Å². The van der Waals surface area contributed by atoms with Crippen LogP contribution in [0.4, 0.5) is 0 Å². The van der Waals surface area contributed by atoms with Crippen molar-refractivity contribution in [3.63, 3.8) is 0 Å². The molecule has 0 aliphatic heterocycles. The number of carbonyl (C=O) groups excluding carboxylic acids is 2. The normalized spacial score (nSPS) is 11.9. The first-order chi connectivity index (χ1) is 10.8. The van der Waals surface area contributed by atoms with E-state index in [0.29, 0.717) is 13.2 Å². The Morgan fingerprint density at radius 2 is 1.35 bits per heavy atom. The number of hydrogen-bond donors (Lipinski definition) is 0. The third-order valence-corrected chi connectivity index (χ3v) is 10.4. The highest BCUT2D eigenvalue weighted by Gasteiger charge is 2.49.